The second-order valence-corrected chi connectivity index (χ2v) is 5.81. The molecule has 1 aromatic rings. The highest BCUT2D eigenvalue weighted by atomic mass is 32.1. The largest absolute Gasteiger partial charge is 0.495 e. The van der Waals surface area contributed by atoms with Crippen LogP contribution in [0.25, 0.3) is 0 Å². The molecule has 0 unspecified atom stereocenters. The smallest absolute Gasteiger partial charge is 0.171 e. The number of thiocarbonyl (C=S) groups is 1. The maximum atomic E-state index is 5.30. The standard InChI is InChI=1S/C18H26N2OS/c1-14(2)8-7-9-15(3)12-13-19-18(22)20-16-10-5-6-11-17(16)21-4/h5-6,8,10-12H,7,9,13H2,1-4H3,(H2,19,20,22)/b15-12+. The van der Waals surface area contributed by atoms with Crippen LogP contribution in [0.4, 0.5) is 5.69 Å². The molecule has 3 nitrogen and oxygen atoms in total. The van der Waals surface area contributed by atoms with Crippen molar-refractivity contribution in [2.45, 2.75) is 33.6 Å². The quantitative estimate of drug-likeness (QED) is 0.565. The van der Waals surface area contributed by atoms with Crippen LogP contribution in [0, 0.1) is 0 Å². The number of nitrogens with one attached hydrogen (secondary N) is 2. The summed E-state index contributed by atoms with van der Waals surface area (Å²) >= 11 is 5.30. The van der Waals surface area contributed by atoms with Gasteiger partial charge in [0.25, 0.3) is 0 Å². The summed E-state index contributed by atoms with van der Waals surface area (Å²) in [4.78, 5) is 0. The molecule has 2 N–H and O–H groups in total. The Morgan fingerprint density at radius 2 is 1.91 bits per heavy atom. The molecule has 0 aliphatic carbocycles. The summed E-state index contributed by atoms with van der Waals surface area (Å²) in [5.41, 5.74) is 3.60. The fourth-order valence-electron chi connectivity index (χ4n) is 1.92. The third-order valence-electron chi connectivity index (χ3n) is 3.16. The van der Waals surface area contributed by atoms with E-state index in [0.29, 0.717) is 5.11 Å². The molecule has 0 spiro atoms. The van der Waals surface area contributed by atoms with Gasteiger partial charge in [-0.15, -0.1) is 0 Å². The molecular formula is C18H26N2OS. The molecule has 0 aliphatic heterocycles. The molecule has 0 atom stereocenters. The van der Waals surface area contributed by atoms with Gasteiger partial charge in [0, 0.05) is 6.54 Å². The molecule has 0 radical (unpaired) electrons. The highest BCUT2D eigenvalue weighted by molar-refractivity contribution is 7.80. The number of hydrogen-bond acceptors (Lipinski definition) is 2. The van der Waals surface area contributed by atoms with E-state index in [1.165, 1.54) is 11.1 Å². The van der Waals surface area contributed by atoms with Crippen molar-refractivity contribution >= 4 is 23.0 Å². The summed E-state index contributed by atoms with van der Waals surface area (Å²) in [6.45, 7) is 7.13. The maximum absolute atomic E-state index is 5.30. The van der Waals surface area contributed by atoms with Crippen molar-refractivity contribution < 1.29 is 4.74 Å². The van der Waals surface area contributed by atoms with Crippen LogP contribution in [0.5, 0.6) is 5.75 Å². The molecular weight excluding hydrogens is 292 g/mol. The molecule has 0 amide bonds. The Morgan fingerprint density at radius 1 is 1.18 bits per heavy atom. The molecule has 0 saturated heterocycles. The van der Waals surface area contributed by atoms with Crippen LogP contribution in [0.15, 0.2) is 47.6 Å². The lowest BCUT2D eigenvalue weighted by Gasteiger charge is -2.12. The molecule has 4 heteroatoms. The Balaban J connectivity index is 2.38. The SMILES string of the molecule is COc1ccccc1NC(=S)NC/C=C(\C)CCC=C(C)C. The molecule has 1 rings (SSSR count). The van der Waals surface area contributed by atoms with Crippen LogP contribution in [0.2, 0.25) is 0 Å². The first-order valence-corrected chi connectivity index (χ1v) is 7.90. The van der Waals surface area contributed by atoms with Crippen molar-refractivity contribution in [1.82, 2.24) is 5.32 Å². The summed E-state index contributed by atoms with van der Waals surface area (Å²) in [5, 5.41) is 6.93. The highest BCUT2D eigenvalue weighted by Gasteiger charge is 2.02. The van der Waals surface area contributed by atoms with E-state index in [1.54, 1.807) is 7.11 Å². The fraction of sp³-hybridized carbons (Fsp3) is 0.389. The zero-order valence-electron chi connectivity index (χ0n) is 13.9. The predicted molar refractivity (Wildman–Crippen MR) is 99.6 cm³/mol. The van der Waals surface area contributed by atoms with Gasteiger partial charge in [0.05, 0.1) is 12.8 Å². The molecule has 0 fully saturated rings. The number of rotatable bonds is 7. The second kappa shape index (κ2) is 10.0. The summed E-state index contributed by atoms with van der Waals surface area (Å²) < 4.78 is 5.29. The van der Waals surface area contributed by atoms with E-state index in [4.69, 9.17) is 17.0 Å². The van der Waals surface area contributed by atoms with Gasteiger partial charge in [-0.05, 0) is 58.0 Å². The van der Waals surface area contributed by atoms with Crippen molar-refractivity contribution in [2.24, 2.45) is 0 Å². The first kappa shape index (κ1) is 18.2. The Bertz CT molecular complexity index is 546. The summed E-state index contributed by atoms with van der Waals surface area (Å²) in [6.07, 6.45) is 6.61. The van der Waals surface area contributed by atoms with Crippen molar-refractivity contribution in [3.05, 3.63) is 47.6 Å². The third kappa shape index (κ3) is 7.27. The van der Waals surface area contributed by atoms with Crippen molar-refractivity contribution in [3.63, 3.8) is 0 Å². The minimum absolute atomic E-state index is 0.595. The lowest BCUT2D eigenvalue weighted by Crippen LogP contribution is -2.28. The minimum atomic E-state index is 0.595. The van der Waals surface area contributed by atoms with Crippen molar-refractivity contribution in [3.8, 4) is 5.75 Å². The molecule has 120 valence electrons. The van der Waals surface area contributed by atoms with Gasteiger partial charge in [-0.1, -0.05) is 35.4 Å². The van der Waals surface area contributed by atoms with E-state index < -0.39 is 0 Å². The van der Waals surface area contributed by atoms with Gasteiger partial charge in [-0.3, -0.25) is 0 Å². The second-order valence-electron chi connectivity index (χ2n) is 5.41. The number of para-hydroxylation sites is 2. The Labute approximate surface area is 139 Å². The average Bonchev–Trinajstić information content (AvgIpc) is 2.47. The summed E-state index contributed by atoms with van der Waals surface area (Å²) in [6, 6.07) is 7.71. The molecule has 0 saturated carbocycles. The topological polar surface area (TPSA) is 33.3 Å². The summed E-state index contributed by atoms with van der Waals surface area (Å²) in [7, 11) is 1.65. The first-order valence-electron chi connectivity index (χ1n) is 7.49. The minimum Gasteiger partial charge on any atom is -0.495 e. The number of ether oxygens (including phenoxy) is 1. The number of hydrogen-bond donors (Lipinski definition) is 2. The highest BCUT2D eigenvalue weighted by Crippen LogP contribution is 2.22. The molecule has 0 bridgehead atoms. The molecule has 0 aromatic heterocycles. The zero-order valence-corrected chi connectivity index (χ0v) is 14.7. The van der Waals surface area contributed by atoms with Crippen LogP contribution < -0.4 is 15.4 Å². The van der Waals surface area contributed by atoms with Crippen molar-refractivity contribution in [1.29, 1.82) is 0 Å². The monoisotopic (exact) mass is 318 g/mol. The Morgan fingerprint density at radius 3 is 2.59 bits per heavy atom. The van der Waals surface area contributed by atoms with Gasteiger partial charge in [-0.25, -0.2) is 0 Å². The lowest BCUT2D eigenvalue weighted by atomic mass is 10.1. The van der Waals surface area contributed by atoms with E-state index >= 15 is 0 Å². The third-order valence-corrected chi connectivity index (χ3v) is 3.41. The first-order chi connectivity index (χ1) is 10.5. The van der Waals surface area contributed by atoms with Crippen LogP contribution in [0.1, 0.15) is 33.6 Å². The molecule has 0 aliphatic rings. The molecule has 22 heavy (non-hydrogen) atoms. The normalized spacial score (nSPS) is 10.8. The molecule has 1 aromatic carbocycles. The van der Waals surface area contributed by atoms with Crippen LogP contribution >= 0.6 is 12.2 Å². The van der Waals surface area contributed by atoms with Gasteiger partial charge in [0.15, 0.2) is 5.11 Å². The lowest BCUT2D eigenvalue weighted by molar-refractivity contribution is 0.417. The van der Waals surface area contributed by atoms with Gasteiger partial charge in [-0.2, -0.15) is 0 Å². The van der Waals surface area contributed by atoms with E-state index in [-0.39, 0.29) is 0 Å². The maximum Gasteiger partial charge on any atom is 0.171 e. The van der Waals surface area contributed by atoms with E-state index in [1.807, 2.05) is 24.3 Å². The van der Waals surface area contributed by atoms with Gasteiger partial charge >= 0.3 is 0 Å². The van der Waals surface area contributed by atoms with Crippen LogP contribution in [0.3, 0.4) is 0 Å². The fourth-order valence-corrected chi connectivity index (χ4v) is 2.12. The van der Waals surface area contributed by atoms with E-state index in [0.717, 1.165) is 30.8 Å². The number of methoxy groups -OCH3 is 1. The number of allylic oxidation sites excluding steroid dienone is 3. The molecule has 0 heterocycles. The number of anilines is 1. The Kier molecular flexibility index (Phi) is 8.30. The van der Waals surface area contributed by atoms with Gasteiger partial charge in [0.1, 0.15) is 5.75 Å². The van der Waals surface area contributed by atoms with E-state index in [9.17, 15) is 0 Å². The van der Waals surface area contributed by atoms with Crippen LogP contribution in [-0.2, 0) is 0 Å². The number of benzene rings is 1. The van der Waals surface area contributed by atoms with Crippen LogP contribution in [-0.4, -0.2) is 18.8 Å². The predicted octanol–water partition coefficient (Wildman–Crippen LogP) is 4.67. The van der Waals surface area contributed by atoms with E-state index in [2.05, 4.69) is 43.6 Å². The average molecular weight is 318 g/mol. The van der Waals surface area contributed by atoms with Gasteiger partial charge < -0.3 is 15.4 Å². The summed E-state index contributed by atoms with van der Waals surface area (Å²) in [5.74, 6) is 0.778. The zero-order chi connectivity index (χ0) is 16.4. The van der Waals surface area contributed by atoms with Crippen molar-refractivity contribution in [2.75, 3.05) is 19.0 Å². The van der Waals surface area contributed by atoms with Gasteiger partial charge in [0.2, 0.25) is 0 Å². The Hall–Kier alpha value is -1.81.